The highest BCUT2D eigenvalue weighted by molar-refractivity contribution is 7.89. The van der Waals surface area contributed by atoms with Gasteiger partial charge in [-0.2, -0.15) is 0 Å². The Hall–Kier alpha value is -2.00. The van der Waals surface area contributed by atoms with Gasteiger partial charge in [-0.3, -0.25) is 4.79 Å². The van der Waals surface area contributed by atoms with Gasteiger partial charge >= 0.3 is 0 Å². The summed E-state index contributed by atoms with van der Waals surface area (Å²) in [4.78, 5) is 12.2. The number of halogens is 2. The number of hydrogen-bond acceptors (Lipinski definition) is 4. The molecule has 9 heteroatoms. The number of methoxy groups -OCH3 is 1. The highest BCUT2D eigenvalue weighted by Crippen LogP contribution is 2.20. The van der Waals surface area contributed by atoms with E-state index in [0.717, 1.165) is 6.07 Å². The predicted octanol–water partition coefficient (Wildman–Crippen LogP) is 3.04. The van der Waals surface area contributed by atoms with Crippen molar-refractivity contribution in [1.82, 2.24) is 4.72 Å². The van der Waals surface area contributed by atoms with Crippen molar-refractivity contribution in [3.63, 3.8) is 0 Å². The Balaban J connectivity index is 2.12. The summed E-state index contributed by atoms with van der Waals surface area (Å²) in [6, 6.07) is 8.76. The van der Waals surface area contributed by atoms with Crippen LogP contribution in [-0.4, -0.2) is 34.1 Å². The Labute approximate surface area is 156 Å². The second-order valence-corrected chi connectivity index (χ2v) is 7.73. The molecule has 0 fully saturated rings. The summed E-state index contributed by atoms with van der Waals surface area (Å²) in [7, 11) is -2.26. The Morgan fingerprint density at radius 3 is 2.46 bits per heavy atom. The van der Waals surface area contributed by atoms with Crippen molar-refractivity contribution in [2.45, 2.75) is 17.9 Å². The quantitative estimate of drug-likeness (QED) is 0.748. The fraction of sp³-hybridized carbons (Fsp3) is 0.235. The molecule has 1 atom stereocenters. The molecule has 0 aliphatic carbocycles. The molecule has 1 amide bonds. The molecule has 0 unspecified atom stereocenters. The fourth-order valence-corrected chi connectivity index (χ4v) is 3.57. The number of amides is 1. The maximum absolute atomic E-state index is 13.7. The van der Waals surface area contributed by atoms with Gasteiger partial charge in [0, 0.05) is 23.7 Å². The first-order chi connectivity index (χ1) is 12.2. The van der Waals surface area contributed by atoms with Crippen LogP contribution in [-0.2, 0) is 14.8 Å². The monoisotopic (exact) mass is 400 g/mol. The molecule has 2 N–H and O–H groups in total. The number of ether oxygens (including phenoxy) is 1. The predicted molar refractivity (Wildman–Crippen MR) is 97.5 cm³/mol. The molecule has 0 radical (unpaired) electrons. The highest BCUT2D eigenvalue weighted by Gasteiger charge is 2.18. The van der Waals surface area contributed by atoms with Gasteiger partial charge in [-0.05, 0) is 49.4 Å². The number of carbonyl (C=O) groups excluding carboxylic acids is 1. The van der Waals surface area contributed by atoms with Gasteiger partial charge in [-0.15, -0.1) is 0 Å². The average Bonchev–Trinajstić information content (AvgIpc) is 2.57. The zero-order valence-corrected chi connectivity index (χ0v) is 15.7. The summed E-state index contributed by atoms with van der Waals surface area (Å²) in [6.45, 7) is 1.90. The van der Waals surface area contributed by atoms with Crippen LogP contribution in [0.1, 0.15) is 17.3 Å². The summed E-state index contributed by atoms with van der Waals surface area (Å²) in [5, 5.41) is 2.62. The van der Waals surface area contributed by atoms with Gasteiger partial charge in [0.1, 0.15) is 5.82 Å². The molecule has 2 aromatic rings. The largest absolute Gasteiger partial charge is 0.383 e. The van der Waals surface area contributed by atoms with Crippen LogP contribution in [0.25, 0.3) is 0 Å². The molecule has 0 aliphatic heterocycles. The van der Waals surface area contributed by atoms with Crippen LogP contribution < -0.4 is 10.0 Å². The average molecular weight is 401 g/mol. The van der Waals surface area contributed by atoms with E-state index in [-0.39, 0.29) is 27.8 Å². The van der Waals surface area contributed by atoms with E-state index in [4.69, 9.17) is 16.3 Å². The second kappa shape index (κ2) is 8.59. The number of rotatable bonds is 7. The number of benzene rings is 2. The lowest BCUT2D eigenvalue weighted by Gasteiger charge is -2.13. The van der Waals surface area contributed by atoms with Gasteiger partial charge in [0.25, 0.3) is 5.91 Å². The lowest BCUT2D eigenvalue weighted by molar-refractivity contribution is 0.102. The van der Waals surface area contributed by atoms with Crippen molar-refractivity contribution in [1.29, 1.82) is 0 Å². The minimum atomic E-state index is -3.73. The van der Waals surface area contributed by atoms with Crippen molar-refractivity contribution in [2.24, 2.45) is 0 Å². The molecule has 0 spiro atoms. The lowest BCUT2D eigenvalue weighted by atomic mass is 10.2. The van der Waals surface area contributed by atoms with Crippen LogP contribution in [0.15, 0.2) is 47.4 Å². The molecular weight excluding hydrogens is 383 g/mol. The minimum absolute atomic E-state index is 0.00896. The van der Waals surface area contributed by atoms with E-state index in [0.29, 0.717) is 0 Å². The smallest absolute Gasteiger partial charge is 0.255 e. The molecule has 0 saturated heterocycles. The molecule has 6 nitrogen and oxygen atoms in total. The van der Waals surface area contributed by atoms with E-state index in [9.17, 15) is 17.6 Å². The first kappa shape index (κ1) is 20.3. The van der Waals surface area contributed by atoms with Crippen LogP contribution in [0.4, 0.5) is 10.1 Å². The van der Waals surface area contributed by atoms with Crippen LogP contribution in [0.2, 0.25) is 5.02 Å². The van der Waals surface area contributed by atoms with Crippen molar-refractivity contribution < 1.29 is 22.3 Å². The minimum Gasteiger partial charge on any atom is -0.383 e. The fourth-order valence-electron chi connectivity index (χ4n) is 2.19. The molecular formula is C17H18ClFN2O4S. The third kappa shape index (κ3) is 5.25. The van der Waals surface area contributed by atoms with Gasteiger partial charge in [0.05, 0.1) is 17.2 Å². The Morgan fingerprint density at radius 2 is 1.88 bits per heavy atom. The summed E-state index contributed by atoms with van der Waals surface area (Å²) >= 11 is 5.66. The summed E-state index contributed by atoms with van der Waals surface area (Å²) in [6.07, 6.45) is 0. The highest BCUT2D eigenvalue weighted by atomic mass is 35.5. The first-order valence-corrected chi connectivity index (χ1v) is 9.47. The number of hydrogen-bond donors (Lipinski definition) is 2. The first-order valence-electron chi connectivity index (χ1n) is 7.60. The maximum Gasteiger partial charge on any atom is 0.255 e. The van der Waals surface area contributed by atoms with Gasteiger partial charge in [0.2, 0.25) is 10.0 Å². The molecule has 0 saturated carbocycles. The summed E-state index contributed by atoms with van der Waals surface area (Å²) < 4.78 is 45.6. The van der Waals surface area contributed by atoms with Gasteiger partial charge in [-0.25, -0.2) is 17.5 Å². The Kier molecular flexibility index (Phi) is 6.71. The Morgan fingerprint density at radius 1 is 1.23 bits per heavy atom. The SMILES string of the molecule is COC[C@@H](C)NS(=O)(=O)c1ccc(C(=O)Nc2ccc(Cl)cc2F)cc1. The van der Waals surface area contributed by atoms with Crippen LogP contribution in [0, 0.1) is 5.82 Å². The van der Waals surface area contributed by atoms with Crippen molar-refractivity contribution in [3.05, 3.63) is 58.9 Å². The molecule has 0 aliphatic rings. The molecule has 0 bridgehead atoms. The topological polar surface area (TPSA) is 84.5 Å². The van der Waals surface area contributed by atoms with Crippen LogP contribution in [0.3, 0.4) is 0 Å². The van der Waals surface area contributed by atoms with Crippen LogP contribution in [0.5, 0.6) is 0 Å². The third-order valence-corrected chi connectivity index (χ3v) is 5.22. The van der Waals surface area contributed by atoms with E-state index in [2.05, 4.69) is 10.0 Å². The van der Waals surface area contributed by atoms with E-state index in [1.54, 1.807) is 6.92 Å². The van der Waals surface area contributed by atoms with Crippen molar-refractivity contribution in [2.75, 3.05) is 19.0 Å². The lowest BCUT2D eigenvalue weighted by Crippen LogP contribution is -2.35. The van der Waals surface area contributed by atoms with E-state index < -0.39 is 27.8 Å². The molecule has 2 aromatic carbocycles. The maximum atomic E-state index is 13.7. The summed E-state index contributed by atoms with van der Waals surface area (Å²) in [5.41, 5.74) is 0.161. The number of sulfonamides is 1. The standard InChI is InChI=1S/C17H18ClFN2O4S/c1-11(10-25-2)21-26(23,24)14-6-3-12(4-7-14)17(22)20-16-8-5-13(18)9-15(16)19/h3-9,11,21H,10H2,1-2H3,(H,20,22)/t11-/m1/s1. The molecule has 2 rings (SSSR count). The van der Waals surface area contributed by atoms with Gasteiger partial charge in [-0.1, -0.05) is 11.6 Å². The second-order valence-electron chi connectivity index (χ2n) is 5.58. The number of nitrogens with one attached hydrogen (secondary N) is 2. The zero-order chi connectivity index (χ0) is 19.3. The molecule has 0 heterocycles. The van der Waals surface area contributed by atoms with Gasteiger partial charge < -0.3 is 10.1 Å². The van der Waals surface area contributed by atoms with E-state index >= 15 is 0 Å². The molecule has 0 aromatic heterocycles. The third-order valence-electron chi connectivity index (χ3n) is 3.38. The zero-order valence-electron chi connectivity index (χ0n) is 14.1. The molecule has 26 heavy (non-hydrogen) atoms. The van der Waals surface area contributed by atoms with Gasteiger partial charge in [0.15, 0.2) is 0 Å². The normalized spacial score (nSPS) is 12.6. The van der Waals surface area contributed by atoms with Crippen molar-refractivity contribution >= 4 is 33.2 Å². The summed E-state index contributed by atoms with van der Waals surface area (Å²) in [5.74, 6) is -1.24. The Bertz CT molecular complexity index is 888. The van der Waals surface area contributed by atoms with E-state index in [1.165, 1.54) is 43.5 Å². The van der Waals surface area contributed by atoms with Crippen LogP contribution >= 0.6 is 11.6 Å². The van der Waals surface area contributed by atoms with Crippen molar-refractivity contribution in [3.8, 4) is 0 Å². The number of anilines is 1. The molecule has 140 valence electrons. The number of carbonyl (C=O) groups is 1. The van der Waals surface area contributed by atoms with E-state index in [1.807, 2.05) is 0 Å².